The molecule has 0 aliphatic carbocycles. The first-order valence-corrected chi connectivity index (χ1v) is 6.68. The Morgan fingerprint density at radius 1 is 1.19 bits per heavy atom. The normalized spacial score (nSPS) is 11.6. The molecule has 0 saturated carbocycles. The van der Waals surface area contributed by atoms with E-state index in [4.69, 9.17) is 0 Å². The van der Waals surface area contributed by atoms with E-state index in [1.807, 2.05) is 13.1 Å². The molecule has 0 saturated heterocycles. The topological polar surface area (TPSA) is 52.0 Å². The van der Waals surface area contributed by atoms with Crippen molar-refractivity contribution in [1.29, 1.82) is 0 Å². The number of aromatic nitrogens is 2. The maximum atomic E-state index is 11.3. The summed E-state index contributed by atoms with van der Waals surface area (Å²) in [5.41, 5.74) is 1.91. The van der Waals surface area contributed by atoms with Gasteiger partial charge in [-0.3, -0.25) is 0 Å². The number of sulfone groups is 1. The van der Waals surface area contributed by atoms with E-state index in [1.54, 1.807) is 35.1 Å². The van der Waals surface area contributed by atoms with Crippen LogP contribution in [-0.2, 0) is 9.84 Å². The highest BCUT2D eigenvalue weighted by Gasteiger charge is 2.06. The first kappa shape index (κ1) is 10.9. The molecule has 0 amide bonds. The summed E-state index contributed by atoms with van der Waals surface area (Å²) in [7, 11) is -3.13. The summed E-state index contributed by atoms with van der Waals surface area (Å²) >= 11 is 0. The van der Waals surface area contributed by atoms with E-state index in [0.29, 0.717) is 4.90 Å². The van der Waals surface area contributed by atoms with Gasteiger partial charge in [0, 0.05) is 12.5 Å². The summed E-state index contributed by atoms with van der Waals surface area (Å²) in [6, 6.07) is 6.65. The molecule has 5 heteroatoms. The van der Waals surface area contributed by atoms with E-state index >= 15 is 0 Å². The van der Waals surface area contributed by atoms with Crippen LogP contribution in [0.25, 0.3) is 5.69 Å². The maximum absolute atomic E-state index is 11.3. The maximum Gasteiger partial charge on any atom is 0.175 e. The third-order valence-corrected chi connectivity index (χ3v) is 3.37. The molecule has 16 heavy (non-hydrogen) atoms. The molecule has 4 nitrogen and oxygen atoms in total. The first-order valence-electron chi connectivity index (χ1n) is 4.78. The average molecular weight is 236 g/mol. The van der Waals surface area contributed by atoms with Gasteiger partial charge in [0.1, 0.15) is 0 Å². The molecule has 0 bridgehead atoms. The molecule has 2 aromatic rings. The molecule has 2 rings (SSSR count). The fraction of sp³-hybridized carbons (Fsp3) is 0.182. The zero-order chi connectivity index (χ0) is 11.8. The molecule has 0 aliphatic heterocycles. The number of hydrogen-bond donors (Lipinski definition) is 0. The van der Waals surface area contributed by atoms with Crippen LogP contribution in [0, 0.1) is 6.92 Å². The highest BCUT2D eigenvalue weighted by Crippen LogP contribution is 2.13. The number of rotatable bonds is 2. The van der Waals surface area contributed by atoms with E-state index < -0.39 is 9.84 Å². The van der Waals surface area contributed by atoms with Gasteiger partial charge in [0.2, 0.25) is 0 Å². The van der Waals surface area contributed by atoms with Crippen molar-refractivity contribution in [2.24, 2.45) is 0 Å². The van der Waals surface area contributed by atoms with Gasteiger partial charge in [-0.15, -0.1) is 0 Å². The molecule has 0 spiro atoms. The molecule has 0 fully saturated rings. The van der Waals surface area contributed by atoms with Crippen LogP contribution in [0.1, 0.15) is 5.56 Å². The fourth-order valence-electron chi connectivity index (χ4n) is 1.40. The Morgan fingerprint density at radius 2 is 1.81 bits per heavy atom. The van der Waals surface area contributed by atoms with Crippen molar-refractivity contribution in [3.05, 3.63) is 42.2 Å². The minimum atomic E-state index is -3.13. The lowest BCUT2D eigenvalue weighted by Crippen LogP contribution is -1.98. The Balaban J connectivity index is 2.40. The minimum Gasteiger partial charge on any atom is -0.241 e. The van der Waals surface area contributed by atoms with Crippen molar-refractivity contribution in [1.82, 2.24) is 9.78 Å². The molecular weight excluding hydrogens is 224 g/mol. The number of hydrogen-bond acceptors (Lipinski definition) is 3. The van der Waals surface area contributed by atoms with E-state index in [2.05, 4.69) is 5.10 Å². The molecular formula is C11H12N2O2S. The van der Waals surface area contributed by atoms with Gasteiger partial charge < -0.3 is 0 Å². The predicted octanol–water partition coefficient (Wildman–Crippen LogP) is 1.58. The third-order valence-electron chi connectivity index (χ3n) is 2.24. The Kier molecular flexibility index (Phi) is 2.55. The van der Waals surface area contributed by atoms with Crippen molar-refractivity contribution in [2.75, 3.05) is 6.26 Å². The molecule has 84 valence electrons. The highest BCUT2D eigenvalue weighted by atomic mass is 32.2. The van der Waals surface area contributed by atoms with Crippen molar-refractivity contribution < 1.29 is 8.42 Å². The molecule has 1 aromatic carbocycles. The Labute approximate surface area is 94.5 Å². The summed E-state index contributed by atoms with van der Waals surface area (Å²) in [6.45, 7) is 1.95. The van der Waals surface area contributed by atoms with Crippen LogP contribution in [0.4, 0.5) is 0 Å². The predicted molar refractivity (Wildman–Crippen MR) is 61.4 cm³/mol. The summed E-state index contributed by atoms with van der Waals surface area (Å²) in [5, 5.41) is 4.15. The summed E-state index contributed by atoms with van der Waals surface area (Å²) in [5.74, 6) is 0. The molecule has 0 N–H and O–H groups in total. The van der Waals surface area contributed by atoms with E-state index in [0.717, 1.165) is 11.3 Å². The van der Waals surface area contributed by atoms with Crippen LogP contribution in [0.15, 0.2) is 41.6 Å². The molecule has 0 unspecified atom stereocenters. The second-order valence-corrected chi connectivity index (χ2v) is 5.74. The number of nitrogens with zero attached hydrogens (tertiary/aromatic N) is 2. The van der Waals surface area contributed by atoms with Gasteiger partial charge in [-0.05, 0) is 36.8 Å². The molecule has 0 atom stereocenters. The van der Waals surface area contributed by atoms with Crippen molar-refractivity contribution in [3.63, 3.8) is 0 Å². The van der Waals surface area contributed by atoms with Crippen molar-refractivity contribution >= 4 is 9.84 Å². The van der Waals surface area contributed by atoms with Gasteiger partial charge in [-0.2, -0.15) is 5.10 Å². The monoisotopic (exact) mass is 236 g/mol. The van der Waals surface area contributed by atoms with Gasteiger partial charge in [0.15, 0.2) is 9.84 Å². The molecule has 1 aromatic heterocycles. The van der Waals surface area contributed by atoms with Gasteiger partial charge >= 0.3 is 0 Å². The second kappa shape index (κ2) is 3.75. The van der Waals surface area contributed by atoms with Crippen molar-refractivity contribution in [2.45, 2.75) is 11.8 Å². The van der Waals surface area contributed by atoms with Gasteiger partial charge in [-0.25, -0.2) is 13.1 Å². The van der Waals surface area contributed by atoms with Crippen LogP contribution in [-0.4, -0.2) is 24.5 Å². The quantitative estimate of drug-likeness (QED) is 0.795. The third kappa shape index (κ3) is 2.14. The number of aryl methyl sites for hydroxylation is 1. The lowest BCUT2D eigenvalue weighted by molar-refractivity contribution is 0.602. The SMILES string of the molecule is Cc1cnn(-c2ccc(S(C)(=O)=O)cc2)c1. The molecule has 1 heterocycles. The van der Waals surface area contributed by atoms with E-state index in [9.17, 15) is 8.42 Å². The van der Waals surface area contributed by atoms with Crippen LogP contribution >= 0.6 is 0 Å². The second-order valence-electron chi connectivity index (χ2n) is 3.73. The summed E-state index contributed by atoms with van der Waals surface area (Å²) in [6.07, 6.45) is 4.83. The van der Waals surface area contributed by atoms with Crippen LogP contribution in [0.5, 0.6) is 0 Å². The lowest BCUT2D eigenvalue weighted by atomic mass is 10.3. The van der Waals surface area contributed by atoms with Gasteiger partial charge in [0.05, 0.1) is 16.8 Å². The standard InChI is InChI=1S/C11H12N2O2S/c1-9-7-12-13(8-9)10-3-5-11(6-4-10)16(2,14)15/h3-8H,1-2H3. The van der Waals surface area contributed by atoms with E-state index in [1.165, 1.54) is 6.26 Å². The summed E-state index contributed by atoms with van der Waals surface area (Å²) in [4.78, 5) is 0.320. The molecule has 0 aliphatic rings. The zero-order valence-electron chi connectivity index (χ0n) is 9.08. The Hall–Kier alpha value is -1.62. The van der Waals surface area contributed by atoms with Crippen molar-refractivity contribution in [3.8, 4) is 5.69 Å². The Bertz CT molecular complexity index is 597. The van der Waals surface area contributed by atoms with Crippen LogP contribution < -0.4 is 0 Å². The smallest absolute Gasteiger partial charge is 0.175 e. The van der Waals surface area contributed by atoms with E-state index in [-0.39, 0.29) is 0 Å². The fourth-order valence-corrected chi connectivity index (χ4v) is 2.03. The number of benzene rings is 1. The lowest BCUT2D eigenvalue weighted by Gasteiger charge is -2.02. The first-order chi connectivity index (χ1) is 7.47. The van der Waals surface area contributed by atoms with Crippen LogP contribution in [0.3, 0.4) is 0 Å². The minimum absolute atomic E-state index is 0.320. The highest BCUT2D eigenvalue weighted by molar-refractivity contribution is 7.90. The summed E-state index contributed by atoms with van der Waals surface area (Å²) < 4.78 is 24.2. The average Bonchev–Trinajstić information content (AvgIpc) is 2.64. The van der Waals surface area contributed by atoms with Gasteiger partial charge in [-0.1, -0.05) is 0 Å². The molecule has 0 radical (unpaired) electrons. The van der Waals surface area contributed by atoms with Gasteiger partial charge in [0.25, 0.3) is 0 Å². The largest absolute Gasteiger partial charge is 0.241 e. The zero-order valence-corrected chi connectivity index (χ0v) is 9.90. The Morgan fingerprint density at radius 3 is 2.25 bits per heavy atom. The van der Waals surface area contributed by atoms with Crippen LogP contribution in [0.2, 0.25) is 0 Å².